The molecule has 176 valence electrons. The number of carbonyl (C=O) groups excluding carboxylic acids is 1. The number of pyridine rings is 1. The molecule has 1 fully saturated rings. The third-order valence-corrected chi connectivity index (χ3v) is 5.76. The van der Waals surface area contributed by atoms with Gasteiger partial charge < -0.3 is 18.8 Å². The second-order valence-electron chi connectivity index (χ2n) is 8.00. The molecule has 0 radical (unpaired) electrons. The lowest BCUT2D eigenvalue weighted by Gasteiger charge is -2.32. The Bertz CT molecular complexity index is 1330. The van der Waals surface area contributed by atoms with Crippen LogP contribution in [0.3, 0.4) is 0 Å². The smallest absolute Gasteiger partial charge is 0.409 e. The largest absolute Gasteiger partial charge is 0.453 e. The number of fused-ring (bicyclic) bond motifs is 1. The molecule has 4 heterocycles. The third kappa shape index (κ3) is 3.96. The van der Waals surface area contributed by atoms with Gasteiger partial charge in [-0.2, -0.15) is 5.21 Å². The summed E-state index contributed by atoms with van der Waals surface area (Å²) in [6.07, 6.45) is 1.23. The first-order chi connectivity index (χ1) is 16.4. The minimum atomic E-state index is -0.804. The number of morpholine rings is 1. The van der Waals surface area contributed by atoms with E-state index in [-0.39, 0.29) is 35.6 Å². The molecule has 0 bridgehead atoms. The number of halogens is 2. The zero-order valence-corrected chi connectivity index (χ0v) is 18.5. The highest BCUT2D eigenvalue weighted by Gasteiger charge is 2.29. The van der Waals surface area contributed by atoms with Gasteiger partial charge in [0.15, 0.2) is 0 Å². The van der Waals surface area contributed by atoms with Crippen LogP contribution >= 0.6 is 0 Å². The molecule has 1 aromatic carbocycles. The zero-order valence-electron chi connectivity index (χ0n) is 18.5. The van der Waals surface area contributed by atoms with Gasteiger partial charge >= 0.3 is 6.09 Å². The molecule has 1 unspecified atom stereocenters. The molecule has 0 aliphatic carbocycles. The van der Waals surface area contributed by atoms with Gasteiger partial charge in [0.2, 0.25) is 5.82 Å². The first kappa shape index (κ1) is 21.9. The van der Waals surface area contributed by atoms with E-state index in [2.05, 4.69) is 25.6 Å². The van der Waals surface area contributed by atoms with E-state index in [9.17, 15) is 4.79 Å². The minimum Gasteiger partial charge on any atom is -0.453 e. The summed E-state index contributed by atoms with van der Waals surface area (Å²) in [6, 6.07) is 6.02. The number of benzene rings is 1. The van der Waals surface area contributed by atoms with Crippen molar-refractivity contribution in [3.8, 4) is 22.6 Å². The van der Waals surface area contributed by atoms with E-state index in [1.54, 1.807) is 15.5 Å². The number of aromatic nitrogens is 6. The Balaban J connectivity index is 1.58. The van der Waals surface area contributed by atoms with E-state index < -0.39 is 23.8 Å². The van der Waals surface area contributed by atoms with Gasteiger partial charge in [0.1, 0.15) is 17.3 Å². The number of ether oxygens (including phenoxy) is 2. The summed E-state index contributed by atoms with van der Waals surface area (Å²) < 4.78 is 43.1. The Hall–Kier alpha value is -3.93. The monoisotopic (exact) mass is 469 g/mol. The maximum absolute atomic E-state index is 15.3. The molecule has 1 aliphatic heterocycles. The van der Waals surface area contributed by atoms with Crippen LogP contribution in [0.2, 0.25) is 0 Å². The molecule has 1 atom stereocenters. The standard InChI is InChI=1S/C22H21F2N7O3/c1-12-3-4-31-17(10-14-11-30(5-6-34-14)22(32)33-2)20(25-18(31)7-12)19-15(23)8-13(9-16(19)24)21-26-28-29-27-21/h3-4,7-9,14H,5-6,10-11H2,1-2H3,(H,26,27,28,29). The molecule has 1 N–H and O–H groups in total. The SMILES string of the molecule is COC(=O)N1CCOC(Cc2c(-c3c(F)cc(-c4nn[nH]n4)cc3F)nc3cc(C)ccn23)C1. The van der Waals surface area contributed by atoms with Crippen molar-refractivity contribution in [2.45, 2.75) is 19.4 Å². The second-order valence-corrected chi connectivity index (χ2v) is 8.00. The lowest BCUT2D eigenvalue weighted by atomic mass is 10.0. The van der Waals surface area contributed by atoms with Crippen molar-refractivity contribution in [2.24, 2.45) is 0 Å². The molecule has 1 saturated heterocycles. The van der Waals surface area contributed by atoms with E-state index in [1.165, 1.54) is 7.11 Å². The van der Waals surface area contributed by atoms with Gasteiger partial charge in [-0.05, 0) is 42.0 Å². The Morgan fingerprint density at radius 2 is 2.09 bits per heavy atom. The molecule has 1 aliphatic rings. The summed E-state index contributed by atoms with van der Waals surface area (Å²) in [5.41, 5.74) is 2.12. The number of tetrazole rings is 1. The molecule has 5 rings (SSSR count). The molecule has 3 aromatic heterocycles. The predicted octanol–water partition coefficient (Wildman–Crippen LogP) is 2.78. The van der Waals surface area contributed by atoms with Crippen LogP contribution in [0.15, 0.2) is 30.5 Å². The molecule has 0 saturated carbocycles. The molecule has 4 aromatic rings. The summed E-state index contributed by atoms with van der Waals surface area (Å²) in [5, 5.41) is 13.3. The van der Waals surface area contributed by atoms with Gasteiger partial charge in [0, 0.05) is 24.7 Å². The fraction of sp³-hybridized carbons (Fsp3) is 0.318. The fourth-order valence-electron chi connectivity index (χ4n) is 4.16. The summed E-state index contributed by atoms with van der Waals surface area (Å²) in [4.78, 5) is 18.1. The number of aromatic amines is 1. The molecule has 12 heteroatoms. The summed E-state index contributed by atoms with van der Waals surface area (Å²) >= 11 is 0. The van der Waals surface area contributed by atoms with E-state index in [1.807, 2.05) is 19.1 Å². The summed E-state index contributed by atoms with van der Waals surface area (Å²) in [5.74, 6) is -1.53. The lowest BCUT2D eigenvalue weighted by Crippen LogP contribution is -2.46. The second kappa shape index (κ2) is 8.78. The third-order valence-electron chi connectivity index (χ3n) is 5.76. The predicted molar refractivity (Wildman–Crippen MR) is 116 cm³/mol. The maximum atomic E-state index is 15.3. The number of carbonyl (C=O) groups is 1. The Morgan fingerprint density at radius 1 is 1.29 bits per heavy atom. The van der Waals surface area contributed by atoms with E-state index >= 15 is 8.78 Å². The minimum absolute atomic E-state index is 0.0775. The van der Waals surface area contributed by atoms with Crippen molar-refractivity contribution in [1.29, 1.82) is 0 Å². The first-order valence-electron chi connectivity index (χ1n) is 10.6. The van der Waals surface area contributed by atoms with Crippen molar-refractivity contribution in [3.63, 3.8) is 0 Å². The number of methoxy groups -OCH3 is 1. The van der Waals surface area contributed by atoms with Crippen LogP contribution in [-0.2, 0) is 15.9 Å². The van der Waals surface area contributed by atoms with Gasteiger partial charge in [-0.1, -0.05) is 0 Å². The van der Waals surface area contributed by atoms with Crippen LogP contribution in [0.1, 0.15) is 11.3 Å². The Labute approximate surface area is 192 Å². The number of H-pyrrole nitrogens is 1. The molecular weight excluding hydrogens is 448 g/mol. The normalized spacial score (nSPS) is 16.2. The van der Waals surface area contributed by atoms with Gasteiger partial charge in [0.05, 0.1) is 43.3 Å². The highest BCUT2D eigenvalue weighted by atomic mass is 19.1. The average Bonchev–Trinajstić information content (AvgIpc) is 3.47. The topological polar surface area (TPSA) is 111 Å². The molecule has 1 amide bonds. The number of nitrogens with one attached hydrogen (secondary N) is 1. The van der Waals surface area contributed by atoms with E-state index in [0.717, 1.165) is 17.7 Å². The number of hydrogen-bond acceptors (Lipinski definition) is 7. The van der Waals surface area contributed by atoms with Crippen LogP contribution in [0, 0.1) is 18.6 Å². The number of rotatable bonds is 4. The zero-order chi connectivity index (χ0) is 23.8. The van der Waals surface area contributed by atoms with E-state index in [0.29, 0.717) is 24.5 Å². The average molecular weight is 469 g/mol. The van der Waals surface area contributed by atoms with Crippen molar-refractivity contribution in [2.75, 3.05) is 26.8 Å². The Kier molecular flexibility index (Phi) is 5.65. The number of amides is 1. The van der Waals surface area contributed by atoms with Crippen LogP contribution in [0.25, 0.3) is 28.3 Å². The fourth-order valence-corrected chi connectivity index (χ4v) is 4.16. The molecular formula is C22H21F2N7O3. The number of imidazole rings is 1. The van der Waals surface area contributed by atoms with Gasteiger partial charge in [-0.25, -0.2) is 18.6 Å². The summed E-state index contributed by atoms with van der Waals surface area (Å²) in [7, 11) is 1.32. The highest BCUT2D eigenvalue weighted by molar-refractivity contribution is 5.71. The number of nitrogens with zero attached hydrogens (tertiary/aromatic N) is 6. The van der Waals surface area contributed by atoms with E-state index in [4.69, 9.17) is 9.47 Å². The van der Waals surface area contributed by atoms with Crippen molar-refractivity contribution >= 4 is 11.7 Å². The van der Waals surface area contributed by atoms with Crippen LogP contribution in [0.5, 0.6) is 0 Å². The van der Waals surface area contributed by atoms with Gasteiger partial charge in [-0.3, -0.25) is 0 Å². The van der Waals surface area contributed by atoms with Gasteiger partial charge in [-0.15, -0.1) is 10.2 Å². The van der Waals surface area contributed by atoms with Crippen LogP contribution in [-0.4, -0.2) is 73.9 Å². The quantitative estimate of drug-likeness (QED) is 0.489. The number of hydrogen-bond donors (Lipinski definition) is 1. The molecule has 10 nitrogen and oxygen atoms in total. The molecule has 0 spiro atoms. The molecule has 34 heavy (non-hydrogen) atoms. The maximum Gasteiger partial charge on any atom is 0.409 e. The van der Waals surface area contributed by atoms with Crippen LogP contribution < -0.4 is 0 Å². The Morgan fingerprint density at radius 3 is 2.79 bits per heavy atom. The number of aryl methyl sites for hydroxylation is 1. The lowest BCUT2D eigenvalue weighted by molar-refractivity contribution is -0.0241. The van der Waals surface area contributed by atoms with Gasteiger partial charge in [0.25, 0.3) is 0 Å². The van der Waals surface area contributed by atoms with Crippen molar-refractivity contribution in [1.82, 2.24) is 34.9 Å². The highest BCUT2D eigenvalue weighted by Crippen LogP contribution is 2.33. The van der Waals surface area contributed by atoms with Crippen molar-refractivity contribution < 1.29 is 23.0 Å². The summed E-state index contributed by atoms with van der Waals surface area (Å²) in [6.45, 7) is 2.93. The van der Waals surface area contributed by atoms with Crippen LogP contribution in [0.4, 0.5) is 13.6 Å². The van der Waals surface area contributed by atoms with Crippen molar-refractivity contribution in [3.05, 3.63) is 53.4 Å². The first-order valence-corrected chi connectivity index (χ1v) is 10.6.